The molecule has 0 saturated heterocycles. The largest absolute Gasteiger partial charge is 0.507 e. The number of rotatable bonds is 2. The molecule has 1 aromatic heterocycles. The van der Waals surface area contributed by atoms with Crippen molar-refractivity contribution < 1.29 is 14.3 Å². The van der Waals surface area contributed by atoms with E-state index in [1.54, 1.807) is 6.07 Å². The molecule has 4 nitrogen and oxygen atoms in total. The Morgan fingerprint density at radius 3 is 2.39 bits per heavy atom. The Morgan fingerprint density at radius 1 is 1.04 bits per heavy atom. The third kappa shape index (κ3) is 3.21. The number of hydrogen-bond acceptors (Lipinski definition) is 4. The minimum atomic E-state index is -0.419. The SMILES string of the molecule is CC(C)(C)Oc1cc(O)c2c(=O)cc(-c3ccccc3)oc2c1. The highest BCUT2D eigenvalue weighted by Crippen LogP contribution is 2.32. The molecule has 1 heterocycles. The number of aromatic hydroxyl groups is 1. The summed E-state index contributed by atoms with van der Waals surface area (Å²) in [5, 5.41) is 10.3. The van der Waals surface area contributed by atoms with Crippen molar-refractivity contribution >= 4 is 11.0 Å². The van der Waals surface area contributed by atoms with Crippen molar-refractivity contribution in [1.29, 1.82) is 0 Å². The summed E-state index contributed by atoms with van der Waals surface area (Å²) in [6.07, 6.45) is 0. The van der Waals surface area contributed by atoms with E-state index in [1.807, 2.05) is 51.1 Å². The molecule has 23 heavy (non-hydrogen) atoms. The zero-order chi connectivity index (χ0) is 16.6. The topological polar surface area (TPSA) is 59.7 Å². The Labute approximate surface area is 134 Å². The van der Waals surface area contributed by atoms with Gasteiger partial charge in [-0.25, -0.2) is 0 Å². The average molecular weight is 310 g/mol. The first-order valence-electron chi connectivity index (χ1n) is 7.39. The number of hydrogen-bond donors (Lipinski definition) is 1. The molecule has 4 heteroatoms. The van der Waals surface area contributed by atoms with E-state index in [0.29, 0.717) is 17.1 Å². The predicted octanol–water partition coefficient (Wildman–Crippen LogP) is 4.34. The number of benzene rings is 2. The molecular weight excluding hydrogens is 292 g/mol. The first-order chi connectivity index (χ1) is 10.8. The fraction of sp³-hybridized carbons (Fsp3) is 0.211. The molecule has 0 unspecified atom stereocenters. The van der Waals surface area contributed by atoms with Crippen molar-refractivity contribution in [2.45, 2.75) is 26.4 Å². The highest BCUT2D eigenvalue weighted by molar-refractivity contribution is 5.86. The number of ether oxygens (including phenoxy) is 1. The van der Waals surface area contributed by atoms with Crippen LogP contribution in [0.3, 0.4) is 0 Å². The van der Waals surface area contributed by atoms with Gasteiger partial charge in [0, 0.05) is 23.8 Å². The van der Waals surface area contributed by atoms with Gasteiger partial charge in [0.25, 0.3) is 0 Å². The third-order valence-corrected chi connectivity index (χ3v) is 3.27. The summed E-state index contributed by atoms with van der Waals surface area (Å²) in [6, 6.07) is 13.8. The van der Waals surface area contributed by atoms with Crippen molar-refractivity contribution in [2.75, 3.05) is 0 Å². The molecule has 2 aromatic carbocycles. The van der Waals surface area contributed by atoms with E-state index in [0.717, 1.165) is 5.56 Å². The van der Waals surface area contributed by atoms with Gasteiger partial charge in [0.2, 0.25) is 0 Å². The fourth-order valence-electron chi connectivity index (χ4n) is 2.40. The van der Waals surface area contributed by atoms with E-state index in [2.05, 4.69) is 0 Å². The Hall–Kier alpha value is -2.75. The summed E-state index contributed by atoms with van der Waals surface area (Å²) in [4.78, 5) is 12.3. The van der Waals surface area contributed by atoms with Gasteiger partial charge in [-0.2, -0.15) is 0 Å². The molecule has 0 aliphatic rings. The van der Waals surface area contributed by atoms with E-state index in [-0.39, 0.29) is 16.6 Å². The van der Waals surface area contributed by atoms with E-state index in [1.165, 1.54) is 12.1 Å². The Kier molecular flexibility index (Phi) is 3.60. The summed E-state index contributed by atoms with van der Waals surface area (Å²) in [7, 11) is 0. The van der Waals surface area contributed by atoms with Gasteiger partial charge >= 0.3 is 0 Å². The molecule has 0 atom stereocenters. The van der Waals surface area contributed by atoms with Crippen LogP contribution in [0.2, 0.25) is 0 Å². The quantitative estimate of drug-likeness (QED) is 0.764. The van der Waals surface area contributed by atoms with Crippen LogP contribution in [-0.2, 0) is 0 Å². The summed E-state index contributed by atoms with van der Waals surface area (Å²) in [5.41, 5.74) is 0.394. The van der Waals surface area contributed by atoms with Crippen LogP contribution >= 0.6 is 0 Å². The zero-order valence-electron chi connectivity index (χ0n) is 13.3. The lowest BCUT2D eigenvalue weighted by atomic mass is 10.1. The van der Waals surface area contributed by atoms with Gasteiger partial charge < -0.3 is 14.3 Å². The van der Waals surface area contributed by atoms with Crippen molar-refractivity contribution in [2.24, 2.45) is 0 Å². The van der Waals surface area contributed by atoms with Gasteiger partial charge in [0.15, 0.2) is 5.43 Å². The minimum absolute atomic E-state index is 0.143. The van der Waals surface area contributed by atoms with E-state index >= 15 is 0 Å². The second-order valence-electron chi connectivity index (χ2n) is 6.37. The van der Waals surface area contributed by atoms with Crippen LogP contribution in [0.1, 0.15) is 20.8 Å². The molecule has 3 rings (SSSR count). The molecule has 0 fully saturated rings. The minimum Gasteiger partial charge on any atom is -0.507 e. The van der Waals surface area contributed by atoms with Gasteiger partial charge in [-0.3, -0.25) is 4.79 Å². The van der Waals surface area contributed by atoms with Crippen LogP contribution in [0, 0.1) is 0 Å². The van der Waals surface area contributed by atoms with Crippen molar-refractivity contribution in [3.05, 3.63) is 58.8 Å². The predicted molar refractivity (Wildman–Crippen MR) is 90.0 cm³/mol. The summed E-state index contributed by atoms with van der Waals surface area (Å²) in [5.74, 6) is 0.765. The second-order valence-corrected chi connectivity index (χ2v) is 6.37. The monoisotopic (exact) mass is 310 g/mol. The summed E-state index contributed by atoms with van der Waals surface area (Å²) < 4.78 is 11.6. The number of phenolic OH excluding ortho intramolecular Hbond substituents is 1. The lowest BCUT2D eigenvalue weighted by molar-refractivity contribution is 0.130. The maximum absolute atomic E-state index is 12.3. The molecule has 0 saturated carbocycles. The number of fused-ring (bicyclic) bond motifs is 1. The summed E-state index contributed by atoms with van der Waals surface area (Å²) >= 11 is 0. The molecule has 0 aliphatic carbocycles. The van der Waals surface area contributed by atoms with Gasteiger partial charge in [0.1, 0.15) is 33.8 Å². The Morgan fingerprint density at radius 2 is 1.74 bits per heavy atom. The van der Waals surface area contributed by atoms with Crippen LogP contribution in [0.25, 0.3) is 22.3 Å². The standard InChI is InChI=1S/C19H18O4/c1-19(2,3)23-13-9-14(20)18-15(21)11-16(22-17(18)10-13)12-7-5-4-6-8-12/h4-11,20H,1-3H3. The lowest BCUT2D eigenvalue weighted by Gasteiger charge is -2.21. The Bertz CT molecular complexity index is 902. The molecule has 1 N–H and O–H groups in total. The van der Waals surface area contributed by atoms with Gasteiger partial charge in [0.05, 0.1) is 0 Å². The molecule has 0 radical (unpaired) electrons. The third-order valence-electron chi connectivity index (χ3n) is 3.27. The van der Waals surface area contributed by atoms with Crippen molar-refractivity contribution in [3.63, 3.8) is 0 Å². The van der Waals surface area contributed by atoms with Crippen LogP contribution in [0.5, 0.6) is 11.5 Å². The average Bonchev–Trinajstić information content (AvgIpc) is 2.45. The Balaban J connectivity index is 2.20. The first kappa shape index (κ1) is 15.2. The first-order valence-corrected chi connectivity index (χ1v) is 7.39. The molecule has 3 aromatic rings. The normalized spacial score (nSPS) is 11.6. The van der Waals surface area contributed by atoms with E-state index in [9.17, 15) is 9.90 Å². The highest BCUT2D eigenvalue weighted by Gasteiger charge is 2.16. The van der Waals surface area contributed by atoms with Crippen LogP contribution < -0.4 is 10.2 Å². The second kappa shape index (κ2) is 5.47. The fourth-order valence-corrected chi connectivity index (χ4v) is 2.40. The van der Waals surface area contributed by atoms with E-state index < -0.39 is 5.60 Å². The number of phenols is 1. The van der Waals surface area contributed by atoms with Crippen LogP contribution in [-0.4, -0.2) is 10.7 Å². The molecule has 0 spiro atoms. The van der Waals surface area contributed by atoms with Gasteiger partial charge in [-0.05, 0) is 20.8 Å². The smallest absolute Gasteiger partial charge is 0.197 e. The van der Waals surface area contributed by atoms with Crippen LogP contribution in [0.15, 0.2) is 57.7 Å². The molecule has 0 bridgehead atoms. The highest BCUT2D eigenvalue weighted by atomic mass is 16.5. The molecule has 118 valence electrons. The van der Waals surface area contributed by atoms with Gasteiger partial charge in [-0.1, -0.05) is 30.3 Å². The van der Waals surface area contributed by atoms with E-state index in [4.69, 9.17) is 9.15 Å². The van der Waals surface area contributed by atoms with Crippen molar-refractivity contribution in [3.8, 4) is 22.8 Å². The van der Waals surface area contributed by atoms with Crippen LogP contribution in [0.4, 0.5) is 0 Å². The maximum atomic E-state index is 12.3. The maximum Gasteiger partial charge on any atom is 0.197 e. The van der Waals surface area contributed by atoms with Crippen molar-refractivity contribution in [1.82, 2.24) is 0 Å². The summed E-state index contributed by atoms with van der Waals surface area (Å²) in [6.45, 7) is 5.72. The van der Waals surface area contributed by atoms with Gasteiger partial charge in [-0.15, -0.1) is 0 Å². The molecule has 0 aliphatic heterocycles. The lowest BCUT2D eigenvalue weighted by Crippen LogP contribution is -2.22. The zero-order valence-corrected chi connectivity index (χ0v) is 13.3. The molecular formula is C19H18O4. The molecule has 0 amide bonds.